The third kappa shape index (κ3) is 3.42. The maximum Gasteiger partial charge on any atom is 0.171 e. The molecule has 5 heteroatoms. The zero-order chi connectivity index (χ0) is 12.1. The minimum Gasteiger partial charge on any atom is -0.409 e. The largest absolute Gasteiger partial charge is 0.409 e. The molecule has 1 atom stereocenters. The van der Waals surface area contributed by atoms with E-state index in [2.05, 4.69) is 34.9 Å². The van der Waals surface area contributed by atoms with Gasteiger partial charge in [-0.15, -0.1) is 11.8 Å². The Morgan fingerprint density at radius 1 is 1.62 bits per heavy atom. The normalized spacial score (nSPS) is 13.8. The summed E-state index contributed by atoms with van der Waals surface area (Å²) in [4.78, 5) is 1.18. The predicted octanol–water partition coefficient (Wildman–Crippen LogP) is 3.43. The van der Waals surface area contributed by atoms with Crippen LogP contribution in [0.4, 0.5) is 0 Å². The highest BCUT2D eigenvalue weighted by molar-refractivity contribution is 9.10. The van der Waals surface area contributed by atoms with Crippen LogP contribution in [0.15, 0.2) is 32.7 Å². The molecule has 0 aliphatic rings. The van der Waals surface area contributed by atoms with Gasteiger partial charge in [0.05, 0.1) is 0 Å². The minimum absolute atomic E-state index is 0.118. The van der Waals surface area contributed by atoms with E-state index < -0.39 is 0 Å². The first-order valence-corrected chi connectivity index (χ1v) is 6.69. The van der Waals surface area contributed by atoms with Crippen LogP contribution in [0.1, 0.15) is 25.8 Å². The fourth-order valence-electron chi connectivity index (χ4n) is 1.15. The summed E-state index contributed by atoms with van der Waals surface area (Å²) >= 11 is 5.23. The molecule has 0 saturated heterocycles. The molecule has 0 radical (unpaired) electrons. The van der Waals surface area contributed by atoms with Crippen molar-refractivity contribution in [1.29, 1.82) is 0 Å². The molecule has 0 spiro atoms. The van der Waals surface area contributed by atoms with E-state index in [-0.39, 0.29) is 5.84 Å². The molecule has 0 bridgehead atoms. The van der Waals surface area contributed by atoms with Gasteiger partial charge in [0.25, 0.3) is 0 Å². The van der Waals surface area contributed by atoms with Crippen molar-refractivity contribution in [3.8, 4) is 0 Å². The van der Waals surface area contributed by atoms with Crippen molar-refractivity contribution in [3.63, 3.8) is 0 Å². The van der Waals surface area contributed by atoms with E-state index in [9.17, 15) is 0 Å². The van der Waals surface area contributed by atoms with Crippen LogP contribution in [-0.2, 0) is 0 Å². The zero-order valence-corrected chi connectivity index (χ0v) is 11.7. The second kappa shape index (κ2) is 6.15. The Kier molecular flexibility index (Phi) is 5.15. The lowest BCUT2D eigenvalue weighted by atomic mass is 10.2. The molecule has 16 heavy (non-hydrogen) atoms. The van der Waals surface area contributed by atoms with Gasteiger partial charge in [-0.1, -0.05) is 19.0 Å². The van der Waals surface area contributed by atoms with E-state index >= 15 is 0 Å². The van der Waals surface area contributed by atoms with Gasteiger partial charge in [0.2, 0.25) is 0 Å². The van der Waals surface area contributed by atoms with Crippen LogP contribution < -0.4 is 5.73 Å². The van der Waals surface area contributed by atoms with Crippen LogP contribution in [0.3, 0.4) is 0 Å². The Morgan fingerprint density at radius 3 is 2.81 bits per heavy atom. The number of hydrogen-bond acceptors (Lipinski definition) is 3. The SMILES string of the molecule is CCC(C)Sc1ccc(/C(N)=N/O)c(Br)c1. The molecule has 3 nitrogen and oxygen atoms in total. The predicted molar refractivity (Wildman–Crippen MR) is 72.3 cm³/mol. The van der Waals surface area contributed by atoms with Gasteiger partial charge in [0.15, 0.2) is 5.84 Å². The number of nitrogens with zero attached hydrogens (tertiary/aromatic N) is 1. The molecular formula is C11H15BrN2OS. The molecule has 1 unspecified atom stereocenters. The highest BCUT2D eigenvalue weighted by atomic mass is 79.9. The van der Waals surface area contributed by atoms with E-state index in [1.807, 2.05) is 30.0 Å². The van der Waals surface area contributed by atoms with Gasteiger partial charge in [-0.25, -0.2) is 0 Å². The zero-order valence-electron chi connectivity index (χ0n) is 9.27. The van der Waals surface area contributed by atoms with Crippen LogP contribution in [0.2, 0.25) is 0 Å². The summed E-state index contributed by atoms with van der Waals surface area (Å²) in [5, 5.41) is 12.2. The molecule has 0 fully saturated rings. The molecule has 3 N–H and O–H groups in total. The Morgan fingerprint density at radius 2 is 2.31 bits per heavy atom. The summed E-state index contributed by atoms with van der Waals surface area (Å²) < 4.78 is 0.844. The molecule has 0 amide bonds. The molecule has 0 saturated carbocycles. The van der Waals surface area contributed by atoms with Crippen molar-refractivity contribution in [1.82, 2.24) is 0 Å². The van der Waals surface area contributed by atoms with Crippen molar-refractivity contribution >= 4 is 33.5 Å². The fraction of sp³-hybridized carbons (Fsp3) is 0.364. The molecule has 0 aliphatic carbocycles. The Balaban J connectivity index is 2.91. The molecule has 88 valence electrons. The Labute approximate surface area is 108 Å². The number of thioether (sulfide) groups is 1. The van der Waals surface area contributed by atoms with Gasteiger partial charge in [0.1, 0.15) is 0 Å². The highest BCUT2D eigenvalue weighted by Crippen LogP contribution is 2.29. The molecule has 0 heterocycles. The fourth-order valence-corrected chi connectivity index (χ4v) is 2.84. The summed E-state index contributed by atoms with van der Waals surface area (Å²) in [6, 6.07) is 5.82. The van der Waals surface area contributed by atoms with Gasteiger partial charge < -0.3 is 10.9 Å². The molecule has 1 aromatic rings. The summed E-state index contributed by atoms with van der Waals surface area (Å²) in [5.74, 6) is 0.118. The molecular weight excluding hydrogens is 288 g/mol. The maximum absolute atomic E-state index is 8.60. The number of nitrogens with two attached hydrogens (primary N) is 1. The van der Waals surface area contributed by atoms with Crippen molar-refractivity contribution in [2.75, 3.05) is 0 Å². The van der Waals surface area contributed by atoms with E-state index in [0.717, 1.165) is 10.9 Å². The monoisotopic (exact) mass is 302 g/mol. The summed E-state index contributed by atoms with van der Waals surface area (Å²) in [5.41, 5.74) is 6.24. The van der Waals surface area contributed by atoms with Gasteiger partial charge in [-0.3, -0.25) is 0 Å². The van der Waals surface area contributed by atoms with Crippen molar-refractivity contribution in [3.05, 3.63) is 28.2 Å². The number of oxime groups is 1. The van der Waals surface area contributed by atoms with E-state index in [0.29, 0.717) is 10.8 Å². The van der Waals surface area contributed by atoms with Crippen LogP contribution in [0.25, 0.3) is 0 Å². The lowest BCUT2D eigenvalue weighted by Gasteiger charge is -2.10. The highest BCUT2D eigenvalue weighted by Gasteiger charge is 2.08. The molecule has 1 rings (SSSR count). The Hall–Kier alpha value is -0.680. The topological polar surface area (TPSA) is 58.6 Å². The average molecular weight is 303 g/mol. The van der Waals surface area contributed by atoms with Crippen LogP contribution in [0.5, 0.6) is 0 Å². The van der Waals surface area contributed by atoms with E-state index in [1.54, 1.807) is 0 Å². The van der Waals surface area contributed by atoms with Gasteiger partial charge in [0, 0.05) is 20.2 Å². The lowest BCUT2D eigenvalue weighted by molar-refractivity contribution is 0.318. The van der Waals surface area contributed by atoms with Gasteiger partial charge in [-0.2, -0.15) is 0 Å². The second-order valence-corrected chi connectivity index (χ2v) is 5.83. The third-order valence-electron chi connectivity index (χ3n) is 2.24. The molecule has 0 aromatic heterocycles. The number of hydrogen-bond donors (Lipinski definition) is 2. The second-order valence-electron chi connectivity index (χ2n) is 3.46. The van der Waals surface area contributed by atoms with Gasteiger partial charge in [-0.05, 0) is 40.5 Å². The summed E-state index contributed by atoms with van der Waals surface area (Å²) in [6.07, 6.45) is 1.13. The van der Waals surface area contributed by atoms with Crippen LogP contribution in [0, 0.1) is 0 Å². The lowest BCUT2D eigenvalue weighted by Crippen LogP contribution is -2.13. The van der Waals surface area contributed by atoms with Crippen molar-refractivity contribution in [2.45, 2.75) is 30.4 Å². The third-order valence-corrected chi connectivity index (χ3v) is 4.15. The summed E-state index contributed by atoms with van der Waals surface area (Å²) in [7, 11) is 0. The number of amidine groups is 1. The van der Waals surface area contributed by atoms with Crippen LogP contribution in [-0.4, -0.2) is 16.3 Å². The first-order chi connectivity index (χ1) is 7.58. The maximum atomic E-state index is 8.60. The number of rotatable bonds is 4. The number of benzene rings is 1. The quantitative estimate of drug-likeness (QED) is 0.294. The standard InChI is InChI=1S/C11H15BrN2OS/c1-3-7(2)16-8-4-5-9(10(12)6-8)11(13)14-15/h4-7,15H,3H2,1-2H3,(H2,13,14). The first-order valence-electron chi connectivity index (χ1n) is 5.02. The average Bonchev–Trinajstić information content (AvgIpc) is 2.28. The van der Waals surface area contributed by atoms with Crippen molar-refractivity contribution < 1.29 is 5.21 Å². The van der Waals surface area contributed by atoms with Gasteiger partial charge >= 0.3 is 0 Å². The van der Waals surface area contributed by atoms with Crippen molar-refractivity contribution in [2.24, 2.45) is 10.9 Å². The molecule has 0 aliphatic heterocycles. The smallest absolute Gasteiger partial charge is 0.171 e. The number of halogens is 1. The van der Waals surface area contributed by atoms with E-state index in [4.69, 9.17) is 10.9 Å². The van der Waals surface area contributed by atoms with Crippen LogP contribution >= 0.6 is 27.7 Å². The first kappa shape index (κ1) is 13.4. The summed E-state index contributed by atoms with van der Waals surface area (Å²) in [6.45, 7) is 4.35. The van der Waals surface area contributed by atoms with E-state index in [1.165, 1.54) is 4.90 Å². The minimum atomic E-state index is 0.118. The Bertz CT molecular complexity index is 396. The molecule has 1 aromatic carbocycles.